The molecular formula is C19H14F3NO2. The Labute approximate surface area is 142 Å². The molecule has 0 N–H and O–H groups in total. The zero-order valence-electron chi connectivity index (χ0n) is 13.5. The predicted octanol–water partition coefficient (Wildman–Crippen LogP) is 4.67. The van der Waals surface area contributed by atoms with Crippen molar-refractivity contribution in [1.29, 1.82) is 0 Å². The molecular weight excluding hydrogens is 331 g/mol. The van der Waals surface area contributed by atoms with Gasteiger partial charge in [0.05, 0.1) is 5.56 Å². The summed E-state index contributed by atoms with van der Waals surface area (Å²) in [5, 5.41) is 0. The standard InChI is InChI=1S/C19H14F3NO2/c1-11-7-8-14(9-12(11)2)17-23-16(18(24)25-17)10-13-5-3-4-6-15(13)19(20,21)22/h3-10H,1-2H3. The van der Waals surface area contributed by atoms with Crippen LogP contribution in [0.5, 0.6) is 0 Å². The molecule has 2 aromatic rings. The van der Waals surface area contributed by atoms with E-state index in [0.29, 0.717) is 5.56 Å². The Balaban J connectivity index is 2.01. The monoisotopic (exact) mass is 345 g/mol. The third kappa shape index (κ3) is 3.47. The lowest BCUT2D eigenvalue weighted by molar-refractivity contribution is -0.137. The Hall–Kier alpha value is -2.89. The molecule has 0 aromatic heterocycles. The molecule has 0 amide bonds. The Morgan fingerprint density at radius 1 is 1.04 bits per heavy atom. The van der Waals surface area contributed by atoms with E-state index in [0.717, 1.165) is 23.3 Å². The number of halogens is 3. The van der Waals surface area contributed by atoms with Crippen molar-refractivity contribution in [3.05, 3.63) is 76.0 Å². The van der Waals surface area contributed by atoms with Crippen molar-refractivity contribution in [2.45, 2.75) is 20.0 Å². The summed E-state index contributed by atoms with van der Waals surface area (Å²) in [6.45, 7) is 3.85. The first-order chi connectivity index (χ1) is 11.8. The van der Waals surface area contributed by atoms with Gasteiger partial charge in [0.25, 0.3) is 0 Å². The van der Waals surface area contributed by atoms with Gasteiger partial charge in [0.15, 0.2) is 5.70 Å². The molecule has 0 radical (unpaired) electrons. The zero-order valence-corrected chi connectivity index (χ0v) is 13.5. The molecule has 0 bridgehead atoms. The minimum atomic E-state index is -4.52. The van der Waals surface area contributed by atoms with Crippen LogP contribution in [0.2, 0.25) is 0 Å². The average Bonchev–Trinajstić information content (AvgIpc) is 2.90. The first-order valence-electron chi connectivity index (χ1n) is 7.52. The van der Waals surface area contributed by atoms with Crippen LogP contribution in [0.1, 0.15) is 27.8 Å². The molecule has 0 saturated heterocycles. The van der Waals surface area contributed by atoms with Gasteiger partial charge in [-0.05, 0) is 54.8 Å². The number of nitrogens with zero attached hydrogens (tertiary/aromatic N) is 1. The molecule has 0 spiro atoms. The first kappa shape index (κ1) is 17.0. The first-order valence-corrected chi connectivity index (χ1v) is 7.52. The lowest BCUT2D eigenvalue weighted by atomic mass is 10.1. The Morgan fingerprint density at radius 3 is 2.44 bits per heavy atom. The summed E-state index contributed by atoms with van der Waals surface area (Å²) in [4.78, 5) is 16.1. The van der Waals surface area contributed by atoms with E-state index in [1.54, 1.807) is 6.07 Å². The Kier molecular flexibility index (Phi) is 4.20. The maximum atomic E-state index is 13.1. The molecule has 3 nitrogen and oxygen atoms in total. The molecule has 6 heteroatoms. The van der Waals surface area contributed by atoms with Crippen molar-refractivity contribution in [2.75, 3.05) is 0 Å². The summed E-state index contributed by atoms with van der Waals surface area (Å²) in [5.74, 6) is -0.686. The summed E-state index contributed by atoms with van der Waals surface area (Å²) in [5.41, 5.74) is 1.55. The predicted molar refractivity (Wildman–Crippen MR) is 88.0 cm³/mol. The number of benzene rings is 2. The largest absolute Gasteiger partial charge is 0.416 e. The maximum Gasteiger partial charge on any atom is 0.416 e. The lowest BCUT2D eigenvalue weighted by Crippen LogP contribution is -2.08. The summed E-state index contributed by atoms with van der Waals surface area (Å²) in [7, 11) is 0. The fraction of sp³-hybridized carbons (Fsp3) is 0.158. The van der Waals surface area contributed by atoms with Gasteiger partial charge in [-0.25, -0.2) is 9.79 Å². The van der Waals surface area contributed by atoms with Crippen LogP contribution in [0.4, 0.5) is 13.2 Å². The molecule has 2 aromatic carbocycles. The Bertz CT molecular complexity index is 911. The minimum Gasteiger partial charge on any atom is -0.402 e. The summed E-state index contributed by atoms with van der Waals surface area (Å²) in [6.07, 6.45) is -3.42. The summed E-state index contributed by atoms with van der Waals surface area (Å²) >= 11 is 0. The van der Waals surface area contributed by atoms with Crippen LogP contribution >= 0.6 is 0 Å². The highest BCUT2D eigenvalue weighted by molar-refractivity contribution is 6.13. The second kappa shape index (κ2) is 6.20. The van der Waals surface area contributed by atoms with E-state index in [1.807, 2.05) is 26.0 Å². The van der Waals surface area contributed by atoms with Crippen molar-refractivity contribution < 1.29 is 22.7 Å². The van der Waals surface area contributed by atoms with Crippen molar-refractivity contribution >= 4 is 17.9 Å². The summed E-state index contributed by atoms with van der Waals surface area (Å²) < 4.78 is 44.3. The van der Waals surface area contributed by atoms with Crippen LogP contribution in [0.15, 0.2) is 53.2 Å². The van der Waals surface area contributed by atoms with E-state index in [1.165, 1.54) is 18.2 Å². The van der Waals surface area contributed by atoms with Crippen LogP contribution in [-0.4, -0.2) is 11.9 Å². The molecule has 25 heavy (non-hydrogen) atoms. The Morgan fingerprint density at radius 2 is 1.76 bits per heavy atom. The van der Waals surface area contributed by atoms with Gasteiger partial charge in [-0.2, -0.15) is 13.2 Å². The third-order valence-electron chi connectivity index (χ3n) is 3.93. The molecule has 0 unspecified atom stereocenters. The highest BCUT2D eigenvalue weighted by atomic mass is 19.4. The van der Waals surface area contributed by atoms with Crippen LogP contribution in [0.25, 0.3) is 6.08 Å². The highest BCUT2D eigenvalue weighted by Crippen LogP contribution is 2.33. The molecule has 0 fully saturated rings. The topological polar surface area (TPSA) is 38.7 Å². The normalized spacial score (nSPS) is 16.1. The smallest absolute Gasteiger partial charge is 0.402 e. The molecule has 1 aliphatic heterocycles. The lowest BCUT2D eigenvalue weighted by Gasteiger charge is -2.09. The van der Waals surface area contributed by atoms with Crippen LogP contribution < -0.4 is 0 Å². The average molecular weight is 345 g/mol. The van der Waals surface area contributed by atoms with E-state index < -0.39 is 17.7 Å². The van der Waals surface area contributed by atoms with E-state index >= 15 is 0 Å². The number of hydrogen-bond donors (Lipinski definition) is 0. The molecule has 128 valence electrons. The zero-order chi connectivity index (χ0) is 18.2. The maximum absolute atomic E-state index is 13.1. The van der Waals surface area contributed by atoms with E-state index in [9.17, 15) is 18.0 Å². The molecule has 3 rings (SSSR count). The van der Waals surface area contributed by atoms with Gasteiger partial charge in [-0.1, -0.05) is 24.3 Å². The van der Waals surface area contributed by atoms with Crippen LogP contribution in [-0.2, 0) is 15.7 Å². The van der Waals surface area contributed by atoms with Crippen LogP contribution in [0.3, 0.4) is 0 Å². The number of carbonyl (C=O) groups is 1. The second-order valence-corrected chi connectivity index (χ2v) is 5.72. The van der Waals surface area contributed by atoms with Gasteiger partial charge in [0.1, 0.15) is 0 Å². The molecule has 0 atom stereocenters. The van der Waals surface area contributed by atoms with Gasteiger partial charge in [0.2, 0.25) is 5.90 Å². The quantitative estimate of drug-likeness (QED) is 0.586. The number of alkyl halides is 3. The molecule has 1 heterocycles. The number of carbonyl (C=O) groups excluding carboxylic acids is 1. The van der Waals surface area contributed by atoms with Crippen LogP contribution in [0, 0.1) is 13.8 Å². The van der Waals surface area contributed by atoms with E-state index in [-0.39, 0.29) is 17.2 Å². The minimum absolute atomic E-state index is 0.0869. The van der Waals surface area contributed by atoms with Gasteiger partial charge in [0, 0.05) is 5.56 Å². The summed E-state index contributed by atoms with van der Waals surface area (Å²) in [6, 6.07) is 10.4. The van der Waals surface area contributed by atoms with Crippen molar-refractivity contribution in [3.63, 3.8) is 0 Å². The molecule has 0 saturated carbocycles. The number of hydrogen-bond acceptors (Lipinski definition) is 3. The number of aliphatic imine (C=N–C) groups is 1. The van der Waals surface area contributed by atoms with E-state index in [4.69, 9.17) is 4.74 Å². The van der Waals surface area contributed by atoms with Crippen molar-refractivity contribution in [3.8, 4) is 0 Å². The molecule has 0 aliphatic carbocycles. The SMILES string of the molecule is Cc1ccc(C2=NC(=Cc3ccccc3C(F)(F)F)C(=O)O2)cc1C. The van der Waals surface area contributed by atoms with Gasteiger partial charge >= 0.3 is 12.1 Å². The number of rotatable bonds is 2. The number of ether oxygens (including phenoxy) is 1. The second-order valence-electron chi connectivity index (χ2n) is 5.72. The van der Waals surface area contributed by atoms with Gasteiger partial charge in [-0.15, -0.1) is 0 Å². The van der Waals surface area contributed by atoms with E-state index in [2.05, 4.69) is 4.99 Å². The fourth-order valence-corrected chi connectivity index (χ4v) is 2.44. The highest BCUT2D eigenvalue weighted by Gasteiger charge is 2.33. The molecule has 1 aliphatic rings. The van der Waals surface area contributed by atoms with Crippen molar-refractivity contribution in [1.82, 2.24) is 0 Å². The third-order valence-corrected chi connectivity index (χ3v) is 3.93. The van der Waals surface area contributed by atoms with Crippen molar-refractivity contribution in [2.24, 2.45) is 4.99 Å². The van der Waals surface area contributed by atoms with Gasteiger partial charge in [-0.3, -0.25) is 0 Å². The number of esters is 1. The number of aryl methyl sites for hydroxylation is 2. The number of cyclic esters (lactones) is 1. The fourth-order valence-electron chi connectivity index (χ4n) is 2.44. The van der Waals surface area contributed by atoms with Gasteiger partial charge < -0.3 is 4.74 Å².